The minimum atomic E-state index is -4.49. The summed E-state index contributed by atoms with van der Waals surface area (Å²) in [7, 11) is 0. The standard InChI is InChI=1S/C15H16F3N3O2/c1-2-10-3-4-12(23-10)11-9-22-8-7-21(11)14-6-5-13(19-20-14)15(16,17)18/h3-6,11H,2,7-9H2,1H3. The van der Waals surface area contributed by atoms with E-state index in [-0.39, 0.29) is 6.04 Å². The van der Waals surface area contributed by atoms with Crippen LogP contribution in [0.1, 0.15) is 30.2 Å². The number of ether oxygens (including phenoxy) is 1. The van der Waals surface area contributed by atoms with Gasteiger partial charge in [-0.2, -0.15) is 13.2 Å². The fourth-order valence-corrected chi connectivity index (χ4v) is 2.51. The molecule has 1 atom stereocenters. The molecule has 0 bridgehead atoms. The van der Waals surface area contributed by atoms with Crippen LogP contribution in [0.25, 0.3) is 0 Å². The first kappa shape index (κ1) is 15.8. The first-order valence-electron chi connectivity index (χ1n) is 7.33. The molecule has 0 N–H and O–H groups in total. The fraction of sp³-hybridized carbons (Fsp3) is 0.467. The van der Waals surface area contributed by atoms with Crippen LogP contribution < -0.4 is 4.90 Å². The minimum Gasteiger partial charge on any atom is -0.464 e. The zero-order valence-corrected chi connectivity index (χ0v) is 12.5. The molecule has 1 aliphatic heterocycles. The first-order chi connectivity index (χ1) is 11.0. The van der Waals surface area contributed by atoms with Gasteiger partial charge in [0.05, 0.1) is 13.2 Å². The Labute approximate surface area is 131 Å². The maximum Gasteiger partial charge on any atom is 0.435 e. The molecule has 1 unspecified atom stereocenters. The highest BCUT2D eigenvalue weighted by Crippen LogP contribution is 2.31. The molecular formula is C15H16F3N3O2. The fourth-order valence-electron chi connectivity index (χ4n) is 2.51. The van der Waals surface area contributed by atoms with Crippen molar-refractivity contribution in [1.29, 1.82) is 0 Å². The Bertz CT molecular complexity index is 655. The molecular weight excluding hydrogens is 311 g/mol. The number of hydrogen-bond donors (Lipinski definition) is 0. The number of nitrogens with zero attached hydrogens (tertiary/aromatic N) is 3. The number of morpholine rings is 1. The van der Waals surface area contributed by atoms with Gasteiger partial charge >= 0.3 is 6.18 Å². The Morgan fingerprint density at radius 3 is 2.65 bits per heavy atom. The van der Waals surface area contributed by atoms with Crippen molar-refractivity contribution in [1.82, 2.24) is 10.2 Å². The van der Waals surface area contributed by atoms with Gasteiger partial charge in [-0.3, -0.25) is 0 Å². The molecule has 1 aliphatic rings. The van der Waals surface area contributed by atoms with E-state index >= 15 is 0 Å². The van der Waals surface area contributed by atoms with Gasteiger partial charge in [0, 0.05) is 13.0 Å². The summed E-state index contributed by atoms with van der Waals surface area (Å²) in [5.74, 6) is 1.94. The van der Waals surface area contributed by atoms with E-state index in [1.807, 2.05) is 24.0 Å². The summed E-state index contributed by atoms with van der Waals surface area (Å²) < 4.78 is 49.0. The van der Waals surface area contributed by atoms with E-state index < -0.39 is 11.9 Å². The van der Waals surface area contributed by atoms with E-state index in [1.165, 1.54) is 6.07 Å². The maximum atomic E-state index is 12.6. The third kappa shape index (κ3) is 3.31. The van der Waals surface area contributed by atoms with E-state index in [1.54, 1.807) is 0 Å². The summed E-state index contributed by atoms with van der Waals surface area (Å²) >= 11 is 0. The second-order valence-corrected chi connectivity index (χ2v) is 5.22. The van der Waals surface area contributed by atoms with Crippen LogP contribution in [0.4, 0.5) is 19.0 Å². The second kappa shape index (κ2) is 6.19. The van der Waals surface area contributed by atoms with E-state index in [0.717, 1.165) is 18.2 Å². The molecule has 0 aliphatic carbocycles. The average Bonchev–Trinajstić information content (AvgIpc) is 3.03. The van der Waals surface area contributed by atoms with Gasteiger partial charge < -0.3 is 14.1 Å². The monoisotopic (exact) mass is 327 g/mol. The van der Waals surface area contributed by atoms with Gasteiger partial charge in [0.2, 0.25) is 0 Å². The zero-order valence-electron chi connectivity index (χ0n) is 12.5. The van der Waals surface area contributed by atoms with Crippen LogP contribution in [0.15, 0.2) is 28.7 Å². The molecule has 8 heteroatoms. The van der Waals surface area contributed by atoms with Crippen molar-refractivity contribution in [2.45, 2.75) is 25.6 Å². The third-order valence-electron chi connectivity index (χ3n) is 3.72. The largest absolute Gasteiger partial charge is 0.464 e. The summed E-state index contributed by atoms with van der Waals surface area (Å²) in [6.07, 6.45) is -3.72. The quantitative estimate of drug-likeness (QED) is 0.866. The van der Waals surface area contributed by atoms with Crippen LogP contribution in [0, 0.1) is 0 Å². The van der Waals surface area contributed by atoms with Crippen LogP contribution >= 0.6 is 0 Å². The third-order valence-corrected chi connectivity index (χ3v) is 3.72. The molecule has 2 aromatic heterocycles. The molecule has 0 radical (unpaired) electrons. The van der Waals surface area contributed by atoms with Gasteiger partial charge in [-0.15, -0.1) is 10.2 Å². The second-order valence-electron chi connectivity index (χ2n) is 5.22. The summed E-state index contributed by atoms with van der Waals surface area (Å²) in [5.41, 5.74) is -1.00. The minimum absolute atomic E-state index is 0.227. The van der Waals surface area contributed by atoms with Crippen LogP contribution in [0.3, 0.4) is 0 Å². The van der Waals surface area contributed by atoms with Crippen molar-refractivity contribution in [2.24, 2.45) is 0 Å². The molecule has 3 heterocycles. The molecule has 124 valence electrons. The van der Waals surface area contributed by atoms with Crippen molar-refractivity contribution in [2.75, 3.05) is 24.7 Å². The Kier molecular flexibility index (Phi) is 4.25. The van der Waals surface area contributed by atoms with Crippen molar-refractivity contribution < 1.29 is 22.3 Å². The summed E-state index contributed by atoms with van der Waals surface area (Å²) in [6, 6.07) is 5.80. The van der Waals surface area contributed by atoms with Gasteiger partial charge in [-0.25, -0.2) is 0 Å². The number of hydrogen-bond acceptors (Lipinski definition) is 5. The normalized spacial score (nSPS) is 19.1. The number of aromatic nitrogens is 2. The highest BCUT2D eigenvalue weighted by molar-refractivity contribution is 5.41. The molecule has 1 saturated heterocycles. The van der Waals surface area contributed by atoms with Gasteiger partial charge in [-0.1, -0.05) is 6.92 Å². The molecule has 2 aromatic rings. The zero-order chi connectivity index (χ0) is 16.4. The predicted molar refractivity (Wildman–Crippen MR) is 76.0 cm³/mol. The Hall–Kier alpha value is -2.09. The van der Waals surface area contributed by atoms with E-state index in [2.05, 4.69) is 10.2 Å². The summed E-state index contributed by atoms with van der Waals surface area (Å²) in [6.45, 7) is 3.35. The smallest absolute Gasteiger partial charge is 0.435 e. The van der Waals surface area contributed by atoms with Crippen LogP contribution in [0.5, 0.6) is 0 Å². The average molecular weight is 327 g/mol. The first-order valence-corrected chi connectivity index (χ1v) is 7.33. The van der Waals surface area contributed by atoms with E-state index in [9.17, 15) is 13.2 Å². The summed E-state index contributed by atoms with van der Waals surface area (Å²) in [4.78, 5) is 1.86. The molecule has 5 nitrogen and oxygen atoms in total. The molecule has 3 rings (SSSR count). The van der Waals surface area contributed by atoms with Crippen molar-refractivity contribution in [3.63, 3.8) is 0 Å². The molecule has 0 spiro atoms. The van der Waals surface area contributed by atoms with E-state index in [4.69, 9.17) is 9.15 Å². The lowest BCUT2D eigenvalue weighted by atomic mass is 10.1. The number of halogens is 3. The maximum absolute atomic E-state index is 12.6. The molecule has 0 amide bonds. The van der Waals surface area contributed by atoms with E-state index in [0.29, 0.717) is 31.3 Å². The number of rotatable bonds is 3. The molecule has 0 saturated carbocycles. The Balaban J connectivity index is 1.86. The Morgan fingerprint density at radius 2 is 2.04 bits per heavy atom. The number of alkyl halides is 3. The van der Waals surface area contributed by atoms with Crippen molar-refractivity contribution in [3.8, 4) is 0 Å². The van der Waals surface area contributed by atoms with Gasteiger partial charge in [-0.05, 0) is 24.3 Å². The highest BCUT2D eigenvalue weighted by Gasteiger charge is 2.34. The number of aryl methyl sites for hydroxylation is 1. The topological polar surface area (TPSA) is 51.4 Å². The molecule has 1 fully saturated rings. The van der Waals surface area contributed by atoms with Gasteiger partial charge in [0.1, 0.15) is 17.6 Å². The highest BCUT2D eigenvalue weighted by atomic mass is 19.4. The number of anilines is 1. The lowest BCUT2D eigenvalue weighted by molar-refractivity contribution is -0.141. The van der Waals surface area contributed by atoms with Crippen LogP contribution in [-0.4, -0.2) is 30.0 Å². The summed E-state index contributed by atoms with van der Waals surface area (Å²) in [5, 5.41) is 7.02. The molecule has 23 heavy (non-hydrogen) atoms. The van der Waals surface area contributed by atoms with Gasteiger partial charge in [0.15, 0.2) is 11.5 Å². The Morgan fingerprint density at radius 1 is 1.22 bits per heavy atom. The lowest BCUT2D eigenvalue weighted by Gasteiger charge is -2.35. The molecule has 0 aromatic carbocycles. The lowest BCUT2D eigenvalue weighted by Crippen LogP contribution is -2.40. The van der Waals surface area contributed by atoms with Crippen molar-refractivity contribution >= 4 is 5.82 Å². The van der Waals surface area contributed by atoms with Gasteiger partial charge in [0.25, 0.3) is 0 Å². The van der Waals surface area contributed by atoms with Crippen molar-refractivity contribution in [3.05, 3.63) is 41.5 Å². The predicted octanol–water partition coefficient (Wildman–Crippen LogP) is 3.23. The van der Waals surface area contributed by atoms with Crippen LogP contribution in [-0.2, 0) is 17.3 Å². The number of furan rings is 1. The van der Waals surface area contributed by atoms with Crippen LogP contribution in [0.2, 0.25) is 0 Å². The SMILES string of the molecule is CCc1ccc(C2COCCN2c2ccc(C(F)(F)F)nn2)o1.